The van der Waals surface area contributed by atoms with Crippen LogP contribution < -0.4 is 0 Å². The summed E-state index contributed by atoms with van der Waals surface area (Å²) in [6.07, 6.45) is -4.50. The first kappa shape index (κ1) is 11.8. The average Bonchev–Trinajstić information content (AvgIpc) is 1.97. The predicted molar refractivity (Wildman–Crippen MR) is 46.8 cm³/mol. The molecule has 1 aliphatic heterocycles. The maximum atomic E-state index is 11.8. The van der Waals surface area contributed by atoms with E-state index in [2.05, 4.69) is 4.74 Å². The first-order valence-electron chi connectivity index (χ1n) is 4.77. The Kier molecular flexibility index (Phi) is 3.42. The van der Waals surface area contributed by atoms with Crippen molar-refractivity contribution in [3.8, 4) is 0 Å². The van der Waals surface area contributed by atoms with Gasteiger partial charge in [0.25, 0.3) is 0 Å². The molecule has 0 amide bonds. The fourth-order valence-corrected chi connectivity index (χ4v) is 1.81. The maximum Gasteiger partial charge on any atom is 0.522 e. The Balaban J connectivity index is 2.36. The highest BCUT2D eigenvalue weighted by Gasteiger charge is 2.40. The smallest absolute Gasteiger partial charge is 0.295 e. The van der Waals surface area contributed by atoms with Crippen molar-refractivity contribution in [1.82, 2.24) is 4.90 Å². The molecular formula is C9H16F3NO. The molecule has 1 saturated heterocycles. The molecule has 2 nitrogen and oxygen atoms in total. The quantitative estimate of drug-likeness (QED) is 0.710. The minimum Gasteiger partial charge on any atom is -0.295 e. The summed E-state index contributed by atoms with van der Waals surface area (Å²) < 4.78 is 39.2. The summed E-state index contributed by atoms with van der Waals surface area (Å²) in [7, 11) is 0. The van der Waals surface area contributed by atoms with Crippen LogP contribution in [0.25, 0.3) is 0 Å². The standard InChI is InChI=1S/C9H16F3NO/c1-6(2)13-4-7(3)8(13)5-14-9(10,11)12/h6-8H,4-5H2,1-3H3. The van der Waals surface area contributed by atoms with Gasteiger partial charge in [-0.1, -0.05) is 6.92 Å². The Hall–Kier alpha value is -0.290. The van der Waals surface area contributed by atoms with Crippen LogP contribution in [0.1, 0.15) is 20.8 Å². The van der Waals surface area contributed by atoms with Crippen molar-refractivity contribution in [3.63, 3.8) is 0 Å². The minimum absolute atomic E-state index is 0.0865. The number of alkyl halides is 3. The third kappa shape index (κ3) is 2.85. The van der Waals surface area contributed by atoms with E-state index in [1.165, 1.54) is 0 Å². The zero-order valence-electron chi connectivity index (χ0n) is 8.64. The molecule has 0 N–H and O–H groups in total. The number of likely N-dealkylation sites (tertiary alicyclic amines) is 1. The van der Waals surface area contributed by atoms with Crippen molar-refractivity contribution in [2.24, 2.45) is 5.92 Å². The molecule has 0 bridgehead atoms. The van der Waals surface area contributed by atoms with Crippen LogP contribution in [0.5, 0.6) is 0 Å². The lowest BCUT2D eigenvalue weighted by Crippen LogP contribution is -2.60. The molecule has 0 aromatic carbocycles. The zero-order chi connectivity index (χ0) is 10.9. The monoisotopic (exact) mass is 211 g/mol. The van der Waals surface area contributed by atoms with Gasteiger partial charge in [0.05, 0.1) is 6.61 Å². The molecule has 0 spiro atoms. The first-order valence-corrected chi connectivity index (χ1v) is 4.77. The number of hydrogen-bond acceptors (Lipinski definition) is 2. The third-order valence-electron chi connectivity index (χ3n) is 2.66. The van der Waals surface area contributed by atoms with Crippen LogP contribution >= 0.6 is 0 Å². The summed E-state index contributed by atoms with van der Waals surface area (Å²) in [5.74, 6) is 0.291. The van der Waals surface area contributed by atoms with Gasteiger partial charge in [-0.05, 0) is 19.8 Å². The van der Waals surface area contributed by atoms with Crippen LogP contribution in [0.15, 0.2) is 0 Å². The maximum absolute atomic E-state index is 11.8. The van der Waals surface area contributed by atoms with Gasteiger partial charge < -0.3 is 0 Å². The molecule has 1 aliphatic rings. The zero-order valence-corrected chi connectivity index (χ0v) is 8.64. The second-order valence-electron chi connectivity index (χ2n) is 4.09. The van der Waals surface area contributed by atoms with Crippen LogP contribution in [0.2, 0.25) is 0 Å². The number of rotatable bonds is 3. The van der Waals surface area contributed by atoms with Gasteiger partial charge in [-0.15, -0.1) is 13.2 Å². The van der Waals surface area contributed by atoms with Crippen molar-refractivity contribution >= 4 is 0 Å². The van der Waals surface area contributed by atoms with Gasteiger partial charge in [0, 0.05) is 18.6 Å². The summed E-state index contributed by atoms with van der Waals surface area (Å²) in [5, 5.41) is 0. The third-order valence-corrected chi connectivity index (χ3v) is 2.66. The number of ether oxygens (including phenoxy) is 1. The Morgan fingerprint density at radius 3 is 2.36 bits per heavy atom. The van der Waals surface area contributed by atoms with E-state index in [1.54, 1.807) is 0 Å². The number of nitrogens with zero attached hydrogens (tertiary/aromatic N) is 1. The van der Waals surface area contributed by atoms with Gasteiger partial charge in [0.2, 0.25) is 0 Å². The fraction of sp³-hybridized carbons (Fsp3) is 1.00. The topological polar surface area (TPSA) is 12.5 Å². The van der Waals surface area contributed by atoms with Crippen LogP contribution in [-0.2, 0) is 4.74 Å². The van der Waals surface area contributed by atoms with Gasteiger partial charge >= 0.3 is 6.36 Å². The molecule has 2 atom stereocenters. The highest BCUT2D eigenvalue weighted by atomic mass is 19.4. The second kappa shape index (κ2) is 4.06. The Morgan fingerprint density at radius 2 is 2.00 bits per heavy atom. The molecule has 14 heavy (non-hydrogen) atoms. The van der Waals surface area contributed by atoms with E-state index in [1.807, 2.05) is 25.7 Å². The van der Waals surface area contributed by atoms with E-state index < -0.39 is 6.36 Å². The van der Waals surface area contributed by atoms with Crippen LogP contribution in [-0.4, -0.2) is 36.5 Å². The number of halogens is 3. The molecule has 0 radical (unpaired) electrons. The van der Waals surface area contributed by atoms with E-state index >= 15 is 0 Å². The molecule has 1 fully saturated rings. The van der Waals surface area contributed by atoms with Crippen molar-refractivity contribution in [3.05, 3.63) is 0 Å². The van der Waals surface area contributed by atoms with Crippen molar-refractivity contribution in [1.29, 1.82) is 0 Å². The SMILES string of the molecule is CC1CN(C(C)C)C1COC(F)(F)F. The molecule has 5 heteroatoms. The fourth-order valence-electron chi connectivity index (χ4n) is 1.81. The van der Waals surface area contributed by atoms with E-state index in [9.17, 15) is 13.2 Å². The summed E-state index contributed by atoms with van der Waals surface area (Å²) in [6, 6.07) is 0.199. The molecule has 0 saturated carbocycles. The van der Waals surface area contributed by atoms with Crippen LogP contribution in [0, 0.1) is 5.92 Å². The van der Waals surface area contributed by atoms with Gasteiger partial charge in [0.1, 0.15) is 0 Å². The molecular weight excluding hydrogens is 195 g/mol. The lowest BCUT2D eigenvalue weighted by atomic mass is 9.89. The van der Waals surface area contributed by atoms with Gasteiger partial charge in [-0.2, -0.15) is 0 Å². The van der Waals surface area contributed by atoms with Gasteiger partial charge in [0.15, 0.2) is 0 Å². The lowest BCUT2D eigenvalue weighted by molar-refractivity contribution is -0.333. The largest absolute Gasteiger partial charge is 0.522 e. The van der Waals surface area contributed by atoms with Crippen LogP contribution in [0.3, 0.4) is 0 Å². The Bertz CT molecular complexity index is 193. The highest BCUT2D eigenvalue weighted by Crippen LogP contribution is 2.28. The molecule has 1 heterocycles. The van der Waals surface area contributed by atoms with Gasteiger partial charge in [-0.25, -0.2) is 0 Å². The van der Waals surface area contributed by atoms with E-state index in [-0.39, 0.29) is 18.7 Å². The van der Waals surface area contributed by atoms with Crippen molar-refractivity contribution in [2.45, 2.75) is 39.2 Å². The minimum atomic E-state index is -4.50. The van der Waals surface area contributed by atoms with E-state index in [4.69, 9.17) is 0 Å². The summed E-state index contributed by atoms with van der Waals surface area (Å²) in [5.41, 5.74) is 0. The lowest BCUT2D eigenvalue weighted by Gasteiger charge is -2.49. The van der Waals surface area contributed by atoms with E-state index in [0.29, 0.717) is 5.92 Å². The van der Waals surface area contributed by atoms with Gasteiger partial charge in [-0.3, -0.25) is 9.64 Å². The van der Waals surface area contributed by atoms with Crippen molar-refractivity contribution in [2.75, 3.05) is 13.2 Å². The first-order chi connectivity index (χ1) is 6.31. The molecule has 0 aromatic rings. The summed E-state index contributed by atoms with van der Waals surface area (Å²) in [4.78, 5) is 2.02. The summed E-state index contributed by atoms with van der Waals surface area (Å²) in [6.45, 7) is 6.52. The highest BCUT2D eigenvalue weighted by molar-refractivity contribution is 4.90. The summed E-state index contributed by atoms with van der Waals surface area (Å²) >= 11 is 0. The Morgan fingerprint density at radius 1 is 1.43 bits per heavy atom. The normalized spacial score (nSPS) is 29.4. The molecule has 2 unspecified atom stereocenters. The molecule has 84 valence electrons. The Labute approximate surface area is 82.0 Å². The van der Waals surface area contributed by atoms with Crippen LogP contribution in [0.4, 0.5) is 13.2 Å². The van der Waals surface area contributed by atoms with Crippen molar-refractivity contribution < 1.29 is 17.9 Å². The predicted octanol–water partition coefficient (Wildman–Crippen LogP) is 2.25. The molecule has 0 aliphatic carbocycles. The van der Waals surface area contributed by atoms with E-state index in [0.717, 1.165) is 6.54 Å². The molecule has 1 rings (SSSR count). The number of hydrogen-bond donors (Lipinski definition) is 0. The average molecular weight is 211 g/mol. The molecule has 0 aromatic heterocycles. The second-order valence-corrected chi connectivity index (χ2v) is 4.09.